The van der Waals surface area contributed by atoms with Crippen molar-refractivity contribution in [2.75, 3.05) is 13.1 Å². The maximum Gasteiger partial charge on any atom is 0.133 e. The Hall–Kier alpha value is -1.98. The summed E-state index contributed by atoms with van der Waals surface area (Å²) in [7, 11) is 0. The van der Waals surface area contributed by atoms with Crippen molar-refractivity contribution in [1.82, 2.24) is 10.9 Å². The van der Waals surface area contributed by atoms with E-state index < -0.39 is 11.6 Å². The average Bonchev–Trinajstić information content (AvgIpc) is 2.83. The zero-order chi connectivity index (χ0) is 16.1. The molecule has 1 unspecified atom stereocenters. The molecule has 0 radical (unpaired) electrons. The Labute approximate surface area is 134 Å². The van der Waals surface area contributed by atoms with E-state index in [0.717, 1.165) is 24.9 Å². The smallest absolute Gasteiger partial charge is 0.133 e. The summed E-state index contributed by atoms with van der Waals surface area (Å²) in [6, 6.07) is 12.1. The largest absolute Gasteiger partial charge is 0.489 e. The summed E-state index contributed by atoms with van der Waals surface area (Å²) in [5.74, 6) is -1.04. The van der Waals surface area contributed by atoms with Gasteiger partial charge in [-0.15, -0.1) is 0 Å². The van der Waals surface area contributed by atoms with E-state index >= 15 is 0 Å². The van der Waals surface area contributed by atoms with E-state index in [1.165, 1.54) is 12.1 Å². The predicted octanol–water partition coefficient (Wildman–Crippen LogP) is 3.52. The summed E-state index contributed by atoms with van der Waals surface area (Å²) in [4.78, 5) is 0. The predicted molar refractivity (Wildman–Crippen MR) is 85.1 cm³/mol. The first-order valence-electron chi connectivity index (χ1n) is 7.85. The summed E-state index contributed by atoms with van der Waals surface area (Å²) in [5, 5.41) is 0. The zero-order valence-electron chi connectivity index (χ0n) is 12.8. The SMILES string of the molecule is Fc1cc(OCc2ccccc2)cc(F)c1C1CCCNNC1. The van der Waals surface area contributed by atoms with Crippen molar-refractivity contribution < 1.29 is 13.5 Å². The quantitative estimate of drug-likeness (QED) is 0.905. The minimum absolute atomic E-state index is 0.147. The lowest BCUT2D eigenvalue weighted by molar-refractivity contribution is 0.301. The van der Waals surface area contributed by atoms with Gasteiger partial charge in [0.2, 0.25) is 0 Å². The molecule has 122 valence electrons. The van der Waals surface area contributed by atoms with Gasteiger partial charge in [-0.05, 0) is 18.4 Å². The number of hydrazine groups is 1. The third kappa shape index (κ3) is 4.06. The van der Waals surface area contributed by atoms with Crippen molar-refractivity contribution in [3.63, 3.8) is 0 Å². The Bertz CT molecular complexity index is 618. The molecule has 2 aromatic carbocycles. The van der Waals surface area contributed by atoms with Crippen LogP contribution in [0.3, 0.4) is 0 Å². The number of nitrogens with one attached hydrogen (secondary N) is 2. The van der Waals surface area contributed by atoms with Crippen molar-refractivity contribution in [3.05, 3.63) is 65.2 Å². The second kappa shape index (κ2) is 7.53. The van der Waals surface area contributed by atoms with Crippen LogP contribution in [0.1, 0.15) is 29.9 Å². The van der Waals surface area contributed by atoms with Gasteiger partial charge in [-0.1, -0.05) is 30.3 Å². The van der Waals surface area contributed by atoms with Crippen molar-refractivity contribution >= 4 is 0 Å². The number of ether oxygens (including phenoxy) is 1. The lowest BCUT2D eigenvalue weighted by Gasteiger charge is -2.17. The van der Waals surface area contributed by atoms with E-state index in [9.17, 15) is 8.78 Å². The maximum absolute atomic E-state index is 14.4. The van der Waals surface area contributed by atoms with Gasteiger partial charge < -0.3 is 4.74 Å². The molecule has 1 fully saturated rings. The van der Waals surface area contributed by atoms with Gasteiger partial charge in [-0.2, -0.15) is 0 Å². The van der Waals surface area contributed by atoms with Crippen molar-refractivity contribution in [1.29, 1.82) is 0 Å². The van der Waals surface area contributed by atoms with Crippen LogP contribution in [-0.4, -0.2) is 13.1 Å². The van der Waals surface area contributed by atoms with Crippen LogP contribution in [0.4, 0.5) is 8.78 Å². The molecular weight excluding hydrogens is 298 g/mol. The van der Waals surface area contributed by atoms with E-state index in [1.807, 2.05) is 30.3 Å². The highest BCUT2D eigenvalue weighted by molar-refractivity contribution is 5.33. The highest BCUT2D eigenvalue weighted by Crippen LogP contribution is 2.30. The van der Waals surface area contributed by atoms with Gasteiger partial charge in [-0.25, -0.2) is 8.78 Å². The summed E-state index contributed by atoms with van der Waals surface area (Å²) < 4.78 is 34.3. The zero-order valence-corrected chi connectivity index (χ0v) is 12.8. The molecule has 0 saturated carbocycles. The minimum atomic E-state index is -0.540. The van der Waals surface area contributed by atoms with Crippen LogP contribution in [0.25, 0.3) is 0 Å². The van der Waals surface area contributed by atoms with Crippen LogP contribution < -0.4 is 15.6 Å². The molecule has 0 amide bonds. The standard InChI is InChI=1S/C18H20F2N2O/c19-16-9-15(23-12-13-5-2-1-3-6-13)10-17(20)18(16)14-7-4-8-21-22-11-14/h1-3,5-6,9-10,14,21-22H,4,7-8,11-12H2. The number of rotatable bonds is 4. The molecule has 1 aliphatic heterocycles. The first-order valence-corrected chi connectivity index (χ1v) is 7.85. The number of halogens is 2. The summed E-state index contributed by atoms with van der Waals surface area (Å²) in [6.45, 7) is 1.60. The molecule has 0 spiro atoms. The third-order valence-corrected chi connectivity index (χ3v) is 4.04. The first kappa shape index (κ1) is 15.9. The van der Waals surface area contributed by atoms with E-state index in [4.69, 9.17) is 4.74 Å². The van der Waals surface area contributed by atoms with Crippen molar-refractivity contribution in [3.8, 4) is 5.75 Å². The van der Waals surface area contributed by atoms with Gasteiger partial charge in [0.1, 0.15) is 24.0 Å². The minimum Gasteiger partial charge on any atom is -0.489 e. The number of hydrogen-bond acceptors (Lipinski definition) is 3. The molecule has 1 atom stereocenters. The third-order valence-electron chi connectivity index (χ3n) is 4.04. The topological polar surface area (TPSA) is 33.3 Å². The molecule has 1 heterocycles. The van der Waals surface area contributed by atoms with Gasteiger partial charge in [0.25, 0.3) is 0 Å². The summed E-state index contributed by atoms with van der Waals surface area (Å²) in [5.41, 5.74) is 7.11. The molecule has 0 aromatic heterocycles. The Morgan fingerprint density at radius 1 is 1.04 bits per heavy atom. The molecule has 1 aliphatic rings. The number of hydrogen-bond donors (Lipinski definition) is 2. The fraction of sp³-hybridized carbons (Fsp3) is 0.333. The second-order valence-corrected chi connectivity index (χ2v) is 5.72. The molecule has 0 bridgehead atoms. The molecule has 0 aliphatic carbocycles. The van der Waals surface area contributed by atoms with Crippen LogP contribution >= 0.6 is 0 Å². The van der Waals surface area contributed by atoms with E-state index in [1.54, 1.807) is 0 Å². The molecular formula is C18H20F2N2O. The second-order valence-electron chi connectivity index (χ2n) is 5.72. The van der Waals surface area contributed by atoms with E-state index in [0.29, 0.717) is 6.54 Å². The molecule has 23 heavy (non-hydrogen) atoms. The molecule has 5 heteroatoms. The van der Waals surface area contributed by atoms with Gasteiger partial charge in [0.15, 0.2) is 0 Å². The van der Waals surface area contributed by atoms with Crippen LogP contribution in [0.5, 0.6) is 5.75 Å². The highest BCUT2D eigenvalue weighted by Gasteiger charge is 2.22. The fourth-order valence-electron chi connectivity index (χ4n) is 2.84. The summed E-state index contributed by atoms with van der Waals surface area (Å²) in [6.07, 6.45) is 1.63. The normalized spacial score (nSPS) is 18.4. The Morgan fingerprint density at radius 3 is 2.52 bits per heavy atom. The Kier molecular flexibility index (Phi) is 5.20. The van der Waals surface area contributed by atoms with Crippen molar-refractivity contribution in [2.45, 2.75) is 25.4 Å². The van der Waals surface area contributed by atoms with Gasteiger partial charge in [0, 0.05) is 36.7 Å². The lowest BCUT2D eigenvalue weighted by atomic mass is 9.93. The van der Waals surface area contributed by atoms with E-state index in [2.05, 4.69) is 10.9 Å². The van der Waals surface area contributed by atoms with Gasteiger partial charge >= 0.3 is 0 Å². The van der Waals surface area contributed by atoms with Crippen LogP contribution in [0.2, 0.25) is 0 Å². The maximum atomic E-state index is 14.4. The van der Waals surface area contributed by atoms with Gasteiger partial charge in [-0.3, -0.25) is 10.9 Å². The average molecular weight is 318 g/mol. The first-order chi connectivity index (χ1) is 11.2. The van der Waals surface area contributed by atoms with Crippen LogP contribution in [0, 0.1) is 11.6 Å². The molecule has 2 aromatic rings. The monoisotopic (exact) mass is 318 g/mol. The van der Waals surface area contributed by atoms with E-state index in [-0.39, 0.29) is 23.8 Å². The van der Waals surface area contributed by atoms with Gasteiger partial charge in [0.05, 0.1) is 0 Å². The molecule has 2 N–H and O–H groups in total. The fourth-order valence-corrected chi connectivity index (χ4v) is 2.84. The Balaban J connectivity index is 1.74. The molecule has 1 saturated heterocycles. The highest BCUT2D eigenvalue weighted by atomic mass is 19.1. The summed E-state index contributed by atoms with van der Waals surface area (Å²) >= 11 is 0. The van der Waals surface area contributed by atoms with Crippen molar-refractivity contribution in [2.24, 2.45) is 0 Å². The number of benzene rings is 2. The van der Waals surface area contributed by atoms with Crippen LogP contribution in [-0.2, 0) is 6.61 Å². The van der Waals surface area contributed by atoms with Crippen LogP contribution in [0.15, 0.2) is 42.5 Å². The molecule has 3 nitrogen and oxygen atoms in total. The lowest BCUT2D eigenvalue weighted by Crippen LogP contribution is -2.32. The Morgan fingerprint density at radius 2 is 1.78 bits per heavy atom. The molecule has 3 rings (SSSR count).